The first-order valence-electron chi connectivity index (χ1n) is 7.14. The molecule has 1 aromatic heterocycles. The Morgan fingerprint density at radius 1 is 1.36 bits per heavy atom. The summed E-state index contributed by atoms with van der Waals surface area (Å²) in [6.45, 7) is 7.62. The van der Waals surface area contributed by atoms with E-state index in [0.29, 0.717) is 23.4 Å². The van der Waals surface area contributed by atoms with E-state index in [-0.39, 0.29) is 11.7 Å². The Balaban J connectivity index is 2.36. The van der Waals surface area contributed by atoms with Crippen LogP contribution in [-0.2, 0) is 4.74 Å². The van der Waals surface area contributed by atoms with Crippen molar-refractivity contribution in [2.75, 3.05) is 6.61 Å². The van der Waals surface area contributed by atoms with Crippen molar-refractivity contribution in [1.29, 1.82) is 0 Å². The second kappa shape index (κ2) is 6.47. The molecule has 22 heavy (non-hydrogen) atoms. The molecule has 0 radical (unpaired) electrons. The summed E-state index contributed by atoms with van der Waals surface area (Å²) in [4.78, 5) is 11.9. The lowest BCUT2D eigenvalue weighted by atomic mass is 10.1. The van der Waals surface area contributed by atoms with E-state index in [1.807, 2.05) is 32.9 Å². The van der Waals surface area contributed by atoms with E-state index in [9.17, 15) is 9.90 Å². The van der Waals surface area contributed by atoms with Gasteiger partial charge in [0.05, 0.1) is 24.1 Å². The highest BCUT2D eigenvalue weighted by Gasteiger charge is 2.16. The van der Waals surface area contributed by atoms with Gasteiger partial charge in [0, 0.05) is 11.3 Å². The molecule has 0 saturated heterocycles. The van der Waals surface area contributed by atoms with Gasteiger partial charge in [0.1, 0.15) is 5.75 Å². The van der Waals surface area contributed by atoms with Gasteiger partial charge in [0.15, 0.2) is 0 Å². The summed E-state index contributed by atoms with van der Waals surface area (Å²) < 4.78 is 6.69. The molecule has 0 saturated carbocycles. The maximum absolute atomic E-state index is 11.9. The van der Waals surface area contributed by atoms with E-state index in [2.05, 4.69) is 5.10 Å². The molecule has 1 aromatic carbocycles. The fraction of sp³-hybridized carbons (Fsp3) is 0.294. The lowest BCUT2D eigenvalue weighted by Crippen LogP contribution is -2.06. The molecule has 2 rings (SSSR count). The largest absolute Gasteiger partial charge is 0.507 e. The minimum Gasteiger partial charge on any atom is -0.507 e. The number of hydrogen-bond acceptors (Lipinski definition) is 4. The number of nitrogens with zero attached hydrogens (tertiary/aromatic N) is 2. The zero-order valence-corrected chi connectivity index (χ0v) is 13.3. The van der Waals surface area contributed by atoms with Crippen molar-refractivity contribution in [3.05, 3.63) is 52.3 Å². The molecule has 2 aromatic rings. The molecule has 0 aliphatic carbocycles. The molecule has 0 bridgehead atoms. The average molecular weight is 300 g/mol. The number of aromatic nitrogens is 1. The van der Waals surface area contributed by atoms with Crippen LogP contribution in [0.15, 0.2) is 29.4 Å². The summed E-state index contributed by atoms with van der Waals surface area (Å²) in [6.07, 6.45) is 1.58. The SMILES string of the molecule is CCOC(=O)c1cc(C)n(/N=C\c2cccc(C)c2O)c1C. The standard InChI is InChI=1S/C17H20N2O3/c1-5-22-17(21)15-9-12(3)19(13(15)4)18-10-14-8-6-7-11(2)16(14)20/h6-10,20H,5H2,1-4H3/b18-10-. The smallest absolute Gasteiger partial charge is 0.340 e. The van der Waals surface area contributed by atoms with Gasteiger partial charge in [-0.25, -0.2) is 9.47 Å². The van der Waals surface area contributed by atoms with Crippen LogP contribution in [0.1, 0.15) is 39.8 Å². The van der Waals surface area contributed by atoms with Gasteiger partial charge in [0.25, 0.3) is 0 Å². The Morgan fingerprint density at radius 3 is 2.77 bits per heavy atom. The van der Waals surface area contributed by atoms with Crippen LogP contribution in [-0.4, -0.2) is 28.6 Å². The number of phenolic OH excluding ortho intramolecular Hbond substituents is 1. The van der Waals surface area contributed by atoms with Crippen LogP contribution in [0.4, 0.5) is 0 Å². The summed E-state index contributed by atoms with van der Waals surface area (Å²) in [5, 5.41) is 14.4. The van der Waals surface area contributed by atoms with Gasteiger partial charge in [-0.2, -0.15) is 5.10 Å². The molecule has 0 amide bonds. The number of ether oxygens (including phenoxy) is 1. The number of esters is 1. The highest BCUT2D eigenvalue weighted by molar-refractivity contribution is 5.91. The third-order valence-electron chi connectivity index (χ3n) is 3.47. The number of carbonyl (C=O) groups excluding carboxylic acids is 1. The Bertz CT molecular complexity index is 730. The van der Waals surface area contributed by atoms with Gasteiger partial charge in [-0.1, -0.05) is 12.1 Å². The van der Waals surface area contributed by atoms with Gasteiger partial charge < -0.3 is 9.84 Å². The topological polar surface area (TPSA) is 63.8 Å². The van der Waals surface area contributed by atoms with Crippen LogP contribution in [0.5, 0.6) is 5.75 Å². The Hall–Kier alpha value is -2.56. The Kier molecular flexibility index (Phi) is 4.65. The van der Waals surface area contributed by atoms with Crippen LogP contribution in [0.3, 0.4) is 0 Å². The summed E-state index contributed by atoms with van der Waals surface area (Å²) in [6, 6.07) is 7.22. The van der Waals surface area contributed by atoms with Crippen LogP contribution in [0, 0.1) is 20.8 Å². The van der Waals surface area contributed by atoms with E-state index in [1.54, 1.807) is 29.9 Å². The molecule has 116 valence electrons. The number of phenols is 1. The van der Waals surface area contributed by atoms with Crippen molar-refractivity contribution in [3.63, 3.8) is 0 Å². The molecule has 1 heterocycles. The van der Waals surface area contributed by atoms with E-state index in [1.165, 1.54) is 0 Å². The number of benzene rings is 1. The molecule has 0 aliphatic rings. The normalized spacial score (nSPS) is 11.1. The molecule has 0 fully saturated rings. The molecule has 1 N–H and O–H groups in total. The van der Waals surface area contributed by atoms with Crippen molar-refractivity contribution in [2.24, 2.45) is 5.10 Å². The fourth-order valence-electron chi connectivity index (χ4n) is 2.25. The van der Waals surface area contributed by atoms with E-state index < -0.39 is 0 Å². The lowest BCUT2D eigenvalue weighted by molar-refractivity contribution is 0.0525. The van der Waals surface area contributed by atoms with E-state index >= 15 is 0 Å². The van der Waals surface area contributed by atoms with Crippen molar-refractivity contribution in [1.82, 2.24) is 4.68 Å². The third-order valence-corrected chi connectivity index (χ3v) is 3.47. The highest BCUT2D eigenvalue weighted by atomic mass is 16.5. The Labute approximate surface area is 129 Å². The van der Waals surface area contributed by atoms with E-state index in [4.69, 9.17) is 4.74 Å². The van der Waals surface area contributed by atoms with E-state index in [0.717, 1.165) is 11.3 Å². The monoisotopic (exact) mass is 300 g/mol. The number of para-hydroxylation sites is 1. The second-order valence-corrected chi connectivity index (χ2v) is 5.07. The second-order valence-electron chi connectivity index (χ2n) is 5.07. The first kappa shape index (κ1) is 15.8. The predicted molar refractivity (Wildman–Crippen MR) is 85.7 cm³/mol. The number of hydrogen-bond donors (Lipinski definition) is 1. The molecule has 0 aliphatic heterocycles. The maximum atomic E-state index is 11.9. The number of aryl methyl sites for hydroxylation is 2. The van der Waals surface area contributed by atoms with Gasteiger partial charge in [-0.15, -0.1) is 0 Å². The fourth-order valence-corrected chi connectivity index (χ4v) is 2.25. The molecule has 0 atom stereocenters. The molecule has 5 nitrogen and oxygen atoms in total. The van der Waals surface area contributed by atoms with Gasteiger partial charge in [0.2, 0.25) is 0 Å². The van der Waals surface area contributed by atoms with Crippen LogP contribution < -0.4 is 0 Å². The van der Waals surface area contributed by atoms with Crippen LogP contribution in [0.25, 0.3) is 0 Å². The first-order valence-corrected chi connectivity index (χ1v) is 7.14. The lowest BCUT2D eigenvalue weighted by Gasteiger charge is -2.05. The van der Waals surface area contributed by atoms with Gasteiger partial charge >= 0.3 is 5.97 Å². The zero-order chi connectivity index (χ0) is 16.3. The third kappa shape index (κ3) is 3.03. The van der Waals surface area contributed by atoms with Gasteiger partial charge in [-0.05, 0) is 45.4 Å². The maximum Gasteiger partial charge on any atom is 0.340 e. The zero-order valence-electron chi connectivity index (χ0n) is 13.3. The summed E-state index contributed by atoms with van der Waals surface area (Å²) in [5.41, 5.74) is 3.45. The van der Waals surface area contributed by atoms with Crippen molar-refractivity contribution >= 4 is 12.2 Å². The predicted octanol–water partition coefficient (Wildman–Crippen LogP) is 3.18. The van der Waals surface area contributed by atoms with Crippen molar-refractivity contribution < 1.29 is 14.6 Å². The molecule has 5 heteroatoms. The number of carbonyl (C=O) groups is 1. The van der Waals surface area contributed by atoms with Crippen LogP contribution >= 0.6 is 0 Å². The molecule has 0 unspecified atom stereocenters. The number of rotatable bonds is 4. The van der Waals surface area contributed by atoms with Crippen LogP contribution in [0.2, 0.25) is 0 Å². The molecule has 0 spiro atoms. The summed E-state index contributed by atoms with van der Waals surface area (Å²) in [5.74, 6) is -0.144. The molecular weight excluding hydrogens is 280 g/mol. The van der Waals surface area contributed by atoms with Crippen molar-refractivity contribution in [3.8, 4) is 5.75 Å². The van der Waals surface area contributed by atoms with Gasteiger partial charge in [-0.3, -0.25) is 0 Å². The summed E-state index contributed by atoms with van der Waals surface area (Å²) in [7, 11) is 0. The number of aromatic hydroxyl groups is 1. The Morgan fingerprint density at radius 2 is 2.09 bits per heavy atom. The summed E-state index contributed by atoms with van der Waals surface area (Å²) >= 11 is 0. The first-order chi connectivity index (χ1) is 10.5. The quantitative estimate of drug-likeness (QED) is 0.696. The highest BCUT2D eigenvalue weighted by Crippen LogP contribution is 2.20. The minimum atomic E-state index is -0.351. The minimum absolute atomic E-state index is 0.208. The average Bonchev–Trinajstić information content (AvgIpc) is 2.76. The van der Waals surface area contributed by atoms with Crippen molar-refractivity contribution in [2.45, 2.75) is 27.7 Å². The molecular formula is C17H20N2O3.